The maximum absolute atomic E-state index is 12.7. The summed E-state index contributed by atoms with van der Waals surface area (Å²) in [4.78, 5) is 30.2. The number of ether oxygens (including phenoxy) is 2. The number of rotatable bonds is 8. The van der Waals surface area contributed by atoms with Crippen LogP contribution in [0, 0.1) is 0 Å². The Bertz CT molecular complexity index is 798. The van der Waals surface area contributed by atoms with E-state index in [0.717, 1.165) is 0 Å². The van der Waals surface area contributed by atoms with Gasteiger partial charge in [-0.2, -0.15) is 13.2 Å². The minimum Gasteiger partial charge on any atom is -0.472 e. The molecule has 0 radical (unpaired) electrons. The SMILES string of the molecule is O=C(NC1CCN(C(=O)CC[C@@H]2CC[C@H](C(F)(F)F)O2)CC1)c1ccc(OCC(F)F)nc1. The number of alkyl halides is 5. The highest BCUT2D eigenvalue weighted by molar-refractivity contribution is 5.94. The molecular formula is C21H26F5N3O4. The third kappa shape index (κ3) is 7.51. The van der Waals surface area contributed by atoms with Crippen molar-refractivity contribution < 1.29 is 41.0 Å². The Hall–Kier alpha value is -2.50. The predicted octanol–water partition coefficient (Wildman–Crippen LogP) is 3.34. The molecule has 1 N–H and O–H groups in total. The maximum atomic E-state index is 12.7. The first-order valence-corrected chi connectivity index (χ1v) is 10.8. The van der Waals surface area contributed by atoms with E-state index >= 15 is 0 Å². The molecule has 2 amide bonds. The molecule has 2 atom stereocenters. The summed E-state index contributed by atoms with van der Waals surface area (Å²) in [5.74, 6) is -0.511. The van der Waals surface area contributed by atoms with Gasteiger partial charge in [0.15, 0.2) is 12.7 Å². The minimum absolute atomic E-state index is 0.00407. The molecule has 0 aromatic carbocycles. The third-order valence-electron chi connectivity index (χ3n) is 5.69. The van der Waals surface area contributed by atoms with Crippen molar-refractivity contribution in [3.05, 3.63) is 23.9 Å². The predicted molar refractivity (Wildman–Crippen MR) is 106 cm³/mol. The summed E-state index contributed by atoms with van der Waals surface area (Å²) in [5.41, 5.74) is 0.256. The summed E-state index contributed by atoms with van der Waals surface area (Å²) in [5, 5.41) is 2.86. The standard InChI is InChI=1S/C21H26F5N3O4/c22-17(23)12-32-18-5-1-13(11-27-18)20(31)28-14-7-9-29(10-8-14)19(30)6-3-15-2-4-16(33-15)21(24,25)26/h1,5,11,14-17H,2-4,6-10,12H2,(H,28,31)/t15-,16+/m0/s1. The molecule has 33 heavy (non-hydrogen) atoms. The van der Waals surface area contributed by atoms with Crippen molar-refractivity contribution in [1.29, 1.82) is 0 Å². The zero-order chi connectivity index (χ0) is 24.0. The van der Waals surface area contributed by atoms with Crippen LogP contribution in [0.15, 0.2) is 18.3 Å². The van der Waals surface area contributed by atoms with Crippen LogP contribution in [-0.4, -0.2) is 72.2 Å². The Morgan fingerprint density at radius 2 is 1.91 bits per heavy atom. The van der Waals surface area contributed by atoms with Crippen molar-refractivity contribution in [2.75, 3.05) is 19.7 Å². The maximum Gasteiger partial charge on any atom is 0.414 e. The zero-order valence-corrected chi connectivity index (χ0v) is 17.8. The summed E-state index contributed by atoms with van der Waals surface area (Å²) >= 11 is 0. The molecule has 0 aliphatic carbocycles. The zero-order valence-electron chi connectivity index (χ0n) is 17.8. The van der Waals surface area contributed by atoms with Crippen LogP contribution in [0.25, 0.3) is 0 Å². The summed E-state index contributed by atoms with van der Waals surface area (Å²) in [6, 6.07) is 2.61. The molecule has 184 valence electrons. The molecule has 2 aliphatic rings. The topological polar surface area (TPSA) is 80.8 Å². The van der Waals surface area contributed by atoms with E-state index < -0.39 is 31.4 Å². The molecule has 0 spiro atoms. The third-order valence-corrected chi connectivity index (χ3v) is 5.69. The van der Waals surface area contributed by atoms with Crippen molar-refractivity contribution >= 4 is 11.8 Å². The average molecular weight is 479 g/mol. The van der Waals surface area contributed by atoms with Crippen molar-refractivity contribution in [2.45, 2.75) is 69.4 Å². The van der Waals surface area contributed by atoms with Crippen LogP contribution in [0.4, 0.5) is 22.0 Å². The van der Waals surface area contributed by atoms with Crippen LogP contribution >= 0.6 is 0 Å². The van der Waals surface area contributed by atoms with Gasteiger partial charge in [0, 0.05) is 37.8 Å². The Balaban J connectivity index is 1.36. The van der Waals surface area contributed by atoms with Gasteiger partial charge >= 0.3 is 6.18 Å². The van der Waals surface area contributed by atoms with E-state index in [2.05, 4.69) is 10.3 Å². The molecule has 1 aromatic heterocycles. The molecule has 12 heteroatoms. The fourth-order valence-electron chi connectivity index (χ4n) is 3.89. The summed E-state index contributed by atoms with van der Waals surface area (Å²) < 4.78 is 72.1. The second kappa shape index (κ2) is 11.1. The number of hydrogen-bond acceptors (Lipinski definition) is 5. The number of amides is 2. The van der Waals surface area contributed by atoms with Crippen molar-refractivity contribution in [3.8, 4) is 5.88 Å². The van der Waals surface area contributed by atoms with E-state index in [1.165, 1.54) is 18.3 Å². The monoisotopic (exact) mass is 479 g/mol. The van der Waals surface area contributed by atoms with Gasteiger partial charge in [-0.3, -0.25) is 9.59 Å². The van der Waals surface area contributed by atoms with Crippen LogP contribution in [-0.2, 0) is 9.53 Å². The molecule has 0 unspecified atom stereocenters. The van der Waals surface area contributed by atoms with Gasteiger partial charge in [0.2, 0.25) is 11.8 Å². The first kappa shape index (κ1) is 25.1. The highest BCUT2D eigenvalue weighted by atomic mass is 19.4. The molecule has 3 heterocycles. The van der Waals surface area contributed by atoms with Crippen molar-refractivity contribution in [1.82, 2.24) is 15.2 Å². The first-order valence-electron chi connectivity index (χ1n) is 10.8. The molecule has 7 nitrogen and oxygen atoms in total. The molecule has 3 rings (SSSR count). The van der Waals surface area contributed by atoms with Crippen LogP contribution < -0.4 is 10.1 Å². The smallest absolute Gasteiger partial charge is 0.414 e. The number of nitrogens with one attached hydrogen (secondary N) is 1. The summed E-state index contributed by atoms with van der Waals surface area (Å²) in [7, 11) is 0. The second-order valence-corrected chi connectivity index (χ2v) is 8.12. The molecule has 0 bridgehead atoms. The average Bonchev–Trinajstić information content (AvgIpc) is 3.26. The lowest BCUT2D eigenvalue weighted by molar-refractivity contribution is -0.215. The van der Waals surface area contributed by atoms with Crippen LogP contribution in [0.3, 0.4) is 0 Å². The lowest BCUT2D eigenvalue weighted by atomic mass is 10.0. The van der Waals surface area contributed by atoms with Crippen LogP contribution in [0.1, 0.15) is 48.9 Å². The van der Waals surface area contributed by atoms with E-state index in [1.807, 2.05) is 0 Å². The number of halogens is 5. The molecule has 0 saturated carbocycles. The summed E-state index contributed by atoms with van der Waals surface area (Å²) in [6.07, 6.45) is -6.38. The number of likely N-dealkylation sites (tertiary alicyclic amines) is 1. The first-order chi connectivity index (χ1) is 15.6. The van der Waals surface area contributed by atoms with Crippen LogP contribution in [0.5, 0.6) is 5.88 Å². The van der Waals surface area contributed by atoms with Gasteiger partial charge < -0.3 is 19.7 Å². The van der Waals surface area contributed by atoms with E-state index in [1.54, 1.807) is 4.90 Å². The molecule has 2 fully saturated rings. The molecular weight excluding hydrogens is 453 g/mol. The normalized spacial score (nSPS) is 21.9. The number of carbonyl (C=O) groups is 2. The fraction of sp³-hybridized carbons (Fsp3) is 0.667. The number of piperidine rings is 1. The Labute approximate surface area is 187 Å². The number of aromatic nitrogens is 1. The lowest BCUT2D eigenvalue weighted by Crippen LogP contribution is -2.46. The number of pyridine rings is 1. The Morgan fingerprint density at radius 1 is 1.18 bits per heavy atom. The fourth-order valence-corrected chi connectivity index (χ4v) is 3.89. The van der Waals surface area contributed by atoms with E-state index in [-0.39, 0.29) is 48.6 Å². The number of nitrogens with zero attached hydrogens (tertiary/aromatic N) is 2. The number of carbonyl (C=O) groups excluding carboxylic acids is 2. The molecule has 2 saturated heterocycles. The lowest BCUT2D eigenvalue weighted by Gasteiger charge is -2.32. The van der Waals surface area contributed by atoms with E-state index in [4.69, 9.17) is 9.47 Å². The minimum atomic E-state index is -4.37. The van der Waals surface area contributed by atoms with Gasteiger partial charge in [-0.15, -0.1) is 0 Å². The highest BCUT2D eigenvalue weighted by Crippen LogP contribution is 2.34. The van der Waals surface area contributed by atoms with Crippen molar-refractivity contribution in [2.24, 2.45) is 0 Å². The number of hydrogen-bond donors (Lipinski definition) is 1. The summed E-state index contributed by atoms with van der Waals surface area (Å²) in [6.45, 7) is 0.0792. The molecule has 2 aliphatic heterocycles. The van der Waals surface area contributed by atoms with E-state index in [0.29, 0.717) is 32.4 Å². The van der Waals surface area contributed by atoms with Gasteiger partial charge in [0.1, 0.15) is 0 Å². The van der Waals surface area contributed by atoms with Gasteiger partial charge in [-0.1, -0.05) is 0 Å². The largest absolute Gasteiger partial charge is 0.472 e. The highest BCUT2D eigenvalue weighted by Gasteiger charge is 2.45. The van der Waals surface area contributed by atoms with Gasteiger partial charge in [0.25, 0.3) is 12.3 Å². The van der Waals surface area contributed by atoms with Crippen LogP contribution in [0.2, 0.25) is 0 Å². The van der Waals surface area contributed by atoms with Gasteiger partial charge in [-0.05, 0) is 38.2 Å². The quantitative estimate of drug-likeness (QED) is 0.579. The Morgan fingerprint density at radius 3 is 2.48 bits per heavy atom. The second-order valence-electron chi connectivity index (χ2n) is 8.12. The van der Waals surface area contributed by atoms with Gasteiger partial charge in [0.05, 0.1) is 11.7 Å². The van der Waals surface area contributed by atoms with E-state index in [9.17, 15) is 31.5 Å². The van der Waals surface area contributed by atoms with Crippen molar-refractivity contribution in [3.63, 3.8) is 0 Å². The Kier molecular flexibility index (Phi) is 8.44. The van der Waals surface area contributed by atoms with Gasteiger partial charge in [-0.25, -0.2) is 13.8 Å². The molecule has 1 aromatic rings.